The quantitative estimate of drug-likeness (QED) is 0.881. The predicted octanol–water partition coefficient (Wildman–Crippen LogP) is 1.16. The number of carbonyl (C=O) groups excluding carboxylic acids is 1. The highest BCUT2D eigenvalue weighted by Gasteiger charge is 2.22. The minimum absolute atomic E-state index is 0.0178. The summed E-state index contributed by atoms with van der Waals surface area (Å²) < 4.78 is 15.4. The number of aromatic nitrogens is 3. The third-order valence-electron chi connectivity index (χ3n) is 3.30. The third kappa shape index (κ3) is 2.33. The number of hydrogen-bond acceptors (Lipinski definition) is 3. The molecule has 0 aromatic carbocycles. The van der Waals surface area contributed by atoms with Gasteiger partial charge in [-0.05, 0) is 18.6 Å². The normalized spacial score (nSPS) is 17.8. The van der Waals surface area contributed by atoms with E-state index in [1.54, 1.807) is 6.20 Å². The molecule has 19 heavy (non-hydrogen) atoms. The van der Waals surface area contributed by atoms with Gasteiger partial charge in [-0.25, -0.2) is 4.39 Å². The highest BCUT2D eigenvalue weighted by Crippen LogP contribution is 2.14. The summed E-state index contributed by atoms with van der Waals surface area (Å²) in [5, 5.41) is 7.04. The maximum Gasteiger partial charge on any atom is 0.254 e. The van der Waals surface area contributed by atoms with Gasteiger partial charge in [0.1, 0.15) is 0 Å². The molecule has 0 aliphatic carbocycles. The number of nitrogens with zero attached hydrogens (tertiary/aromatic N) is 3. The molecule has 0 bridgehead atoms. The number of pyridine rings is 1. The first-order valence-corrected chi connectivity index (χ1v) is 6.15. The minimum atomic E-state index is -0.596. The summed E-state index contributed by atoms with van der Waals surface area (Å²) in [6, 6.07) is 3.34. The standard InChI is InChI=1S/C13H13FN4O/c14-12-8-15-4-2-11(12)13(19)17-9-3-6-18-10(7-9)1-5-16-18/h1-2,4-5,8-9H,3,6-7H2,(H,17,19)/t9-/m1/s1. The molecule has 1 aliphatic rings. The SMILES string of the molecule is O=C(N[C@@H]1CCn2nccc2C1)c1ccncc1F. The van der Waals surface area contributed by atoms with Gasteiger partial charge in [0.25, 0.3) is 5.91 Å². The Morgan fingerprint density at radius 3 is 3.16 bits per heavy atom. The Hall–Kier alpha value is -2.24. The average molecular weight is 260 g/mol. The predicted molar refractivity (Wildman–Crippen MR) is 66.0 cm³/mol. The first-order valence-electron chi connectivity index (χ1n) is 6.15. The molecule has 0 saturated heterocycles. The lowest BCUT2D eigenvalue weighted by Crippen LogP contribution is -2.40. The molecule has 98 valence electrons. The molecule has 2 aromatic rings. The fraction of sp³-hybridized carbons (Fsp3) is 0.308. The summed E-state index contributed by atoms with van der Waals surface area (Å²) in [4.78, 5) is 15.6. The van der Waals surface area contributed by atoms with Crippen molar-refractivity contribution in [1.29, 1.82) is 0 Å². The summed E-state index contributed by atoms with van der Waals surface area (Å²) in [6.45, 7) is 0.770. The Labute approximate surface area is 109 Å². The number of nitrogens with one attached hydrogen (secondary N) is 1. The zero-order valence-corrected chi connectivity index (χ0v) is 10.2. The van der Waals surface area contributed by atoms with Crippen LogP contribution in [-0.2, 0) is 13.0 Å². The van der Waals surface area contributed by atoms with Crippen LogP contribution in [0, 0.1) is 5.82 Å². The minimum Gasteiger partial charge on any atom is -0.349 e. The third-order valence-corrected chi connectivity index (χ3v) is 3.30. The van der Waals surface area contributed by atoms with Crippen LogP contribution < -0.4 is 5.32 Å². The van der Waals surface area contributed by atoms with E-state index in [-0.39, 0.29) is 11.6 Å². The van der Waals surface area contributed by atoms with Gasteiger partial charge in [0.05, 0.1) is 11.8 Å². The summed E-state index contributed by atoms with van der Waals surface area (Å²) >= 11 is 0. The second-order valence-electron chi connectivity index (χ2n) is 4.56. The van der Waals surface area contributed by atoms with Gasteiger partial charge in [-0.2, -0.15) is 5.10 Å². The molecule has 1 amide bonds. The highest BCUT2D eigenvalue weighted by molar-refractivity contribution is 5.94. The fourth-order valence-corrected chi connectivity index (χ4v) is 2.31. The van der Waals surface area contributed by atoms with Crippen molar-refractivity contribution >= 4 is 5.91 Å². The Morgan fingerprint density at radius 2 is 2.32 bits per heavy atom. The average Bonchev–Trinajstić information content (AvgIpc) is 2.86. The molecule has 0 radical (unpaired) electrons. The van der Waals surface area contributed by atoms with Crippen molar-refractivity contribution in [2.24, 2.45) is 0 Å². The van der Waals surface area contributed by atoms with E-state index in [1.807, 2.05) is 10.7 Å². The maximum absolute atomic E-state index is 13.4. The molecule has 0 saturated carbocycles. The van der Waals surface area contributed by atoms with Crippen LogP contribution in [-0.4, -0.2) is 26.7 Å². The monoisotopic (exact) mass is 260 g/mol. The number of aryl methyl sites for hydroxylation is 1. The first kappa shape index (κ1) is 11.8. The van der Waals surface area contributed by atoms with Gasteiger partial charge >= 0.3 is 0 Å². The Balaban J connectivity index is 1.70. The van der Waals surface area contributed by atoms with E-state index in [4.69, 9.17) is 0 Å². The number of fused-ring (bicyclic) bond motifs is 1. The van der Waals surface area contributed by atoms with Crippen molar-refractivity contribution in [1.82, 2.24) is 20.1 Å². The van der Waals surface area contributed by atoms with E-state index < -0.39 is 11.7 Å². The second-order valence-corrected chi connectivity index (χ2v) is 4.56. The molecule has 1 atom stereocenters. The molecule has 0 spiro atoms. The van der Waals surface area contributed by atoms with Crippen LogP contribution in [0.4, 0.5) is 4.39 Å². The van der Waals surface area contributed by atoms with Crippen molar-refractivity contribution in [2.45, 2.75) is 25.4 Å². The van der Waals surface area contributed by atoms with Crippen LogP contribution >= 0.6 is 0 Å². The lowest BCUT2D eigenvalue weighted by Gasteiger charge is -2.24. The topological polar surface area (TPSA) is 59.8 Å². The molecule has 3 rings (SSSR count). The van der Waals surface area contributed by atoms with E-state index in [1.165, 1.54) is 12.3 Å². The van der Waals surface area contributed by atoms with Crippen LogP contribution in [0.25, 0.3) is 0 Å². The molecule has 0 fully saturated rings. The second kappa shape index (κ2) is 4.79. The first-order chi connectivity index (χ1) is 9.24. The van der Waals surface area contributed by atoms with Crippen molar-refractivity contribution < 1.29 is 9.18 Å². The largest absolute Gasteiger partial charge is 0.349 e. The van der Waals surface area contributed by atoms with Gasteiger partial charge in [-0.15, -0.1) is 0 Å². The Kier molecular flexibility index (Phi) is 2.98. The van der Waals surface area contributed by atoms with Gasteiger partial charge in [-0.1, -0.05) is 0 Å². The summed E-state index contributed by atoms with van der Waals surface area (Å²) in [7, 11) is 0. The van der Waals surface area contributed by atoms with Gasteiger partial charge in [-0.3, -0.25) is 14.5 Å². The van der Waals surface area contributed by atoms with E-state index in [2.05, 4.69) is 15.4 Å². The van der Waals surface area contributed by atoms with Gasteiger partial charge < -0.3 is 5.32 Å². The maximum atomic E-state index is 13.4. The van der Waals surface area contributed by atoms with E-state index >= 15 is 0 Å². The summed E-state index contributed by atoms with van der Waals surface area (Å²) in [5.74, 6) is -0.987. The lowest BCUT2D eigenvalue weighted by atomic mass is 10.0. The number of rotatable bonds is 2. The van der Waals surface area contributed by atoms with Crippen molar-refractivity contribution in [3.63, 3.8) is 0 Å². The van der Waals surface area contributed by atoms with Crippen molar-refractivity contribution in [2.75, 3.05) is 0 Å². The van der Waals surface area contributed by atoms with Gasteiger partial charge in [0.15, 0.2) is 5.82 Å². The van der Waals surface area contributed by atoms with Gasteiger partial charge in [0.2, 0.25) is 0 Å². The molecular weight excluding hydrogens is 247 g/mol. The van der Waals surface area contributed by atoms with Crippen LogP contribution in [0.1, 0.15) is 22.5 Å². The summed E-state index contributed by atoms with van der Waals surface area (Å²) in [5.41, 5.74) is 1.13. The molecule has 5 nitrogen and oxygen atoms in total. The molecule has 1 N–H and O–H groups in total. The Morgan fingerprint density at radius 1 is 1.42 bits per heavy atom. The van der Waals surface area contributed by atoms with Gasteiger partial charge in [0, 0.05) is 37.1 Å². The summed E-state index contributed by atoms with van der Waals surface area (Å²) in [6.07, 6.45) is 5.73. The van der Waals surface area contributed by atoms with E-state index in [0.717, 1.165) is 31.3 Å². The van der Waals surface area contributed by atoms with Crippen molar-refractivity contribution in [3.05, 3.63) is 47.8 Å². The van der Waals surface area contributed by atoms with Crippen LogP contribution in [0.2, 0.25) is 0 Å². The number of carbonyl (C=O) groups is 1. The van der Waals surface area contributed by atoms with Crippen LogP contribution in [0.3, 0.4) is 0 Å². The van der Waals surface area contributed by atoms with Crippen LogP contribution in [0.5, 0.6) is 0 Å². The molecule has 6 heteroatoms. The molecule has 3 heterocycles. The number of hydrogen-bond donors (Lipinski definition) is 1. The molecular formula is C13H13FN4O. The lowest BCUT2D eigenvalue weighted by molar-refractivity contribution is 0.0926. The molecule has 1 aliphatic heterocycles. The smallest absolute Gasteiger partial charge is 0.254 e. The molecule has 0 unspecified atom stereocenters. The Bertz CT molecular complexity index is 610. The number of amides is 1. The molecule has 2 aromatic heterocycles. The fourth-order valence-electron chi connectivity index (χ4n) is 2.31. The number of halogens is 1. The van der Waals surface area contributed by atoms with Crippen LogP contribution in [0.15, 0.2) is 30.7 Å². The van der Waals surface area contributed by atoms with E-state index in [9.17, 15) is 9.18 Å². The zero-order valence-electron chi connectivity index (χ0n) is 10.2. The van der Waals surface area contributed by atoms with E-state index in [0.29, 0.717) is 0 Å². The zero-order chi connectivity index (χ0) is 13.2. The van der Waals surface area contributed by atoms with Crippen molar-refractivity contribution in [3.8, 4) is 0 Å². The highest BCUT2D eigenvalue weighted by atomic mass is 19.1.